The molecule has 0 saturated carbocycles. The summed E-state index contributed by atoms with van der Waals surface area (Å²) in [6.07, 6.45) is 0.0339. The van der Waals surface area contributed by atoms with Gasteiger partial charge in [0.25, 0.3) is 5.91 Å². The quantitative estimate of drug-likeness (QED) is 0.858. The average molecular weight is 401 g/mol. The van der Waals surface area contributed by atoms with E-state index in [-0.39, 0.29) is 22.3 Å². The first kappa shape index (κ1) is 17.8. The van der Waals surface area contributed by atoms with Crippen LogP contribution in [0.3, 0.4) is 0 Å². The van der Waals surface area contributed by atoms with Gasteiger partial charge in [0.15, 0.2) is 6.10 Å². The highest BCUT2D eigenvalue weighted by atomic mass is 35.5. The molecule has 1 aliphatic rings. The summed E-state index contributed by atoms with van der Waals surface area (Å²) >= 11 is 12.1. The second kappa shape index (κ2) is 6.74. The number of anilines is 2. The zero-order valence-corrected chi connectivity index (χ0v) is 15.4. The molecular weight excluding hydrogens is 387 g/mol. The number of hydrogen-bond donors (Lipinski definition) is 1. The Labute approximate surface area is 155 Å². The number of rotatable bonds is 3. The molecule has 1 N–H and O–H groups in total. The molecule has 0 fully saturated rings. The third-order valence-corrected chi connectivity index (χ3v) is 5.41. The fraction of sp³-hybridized carbons (Fsp3) is 0.188. The first-order valence-electron chi connectivity index (χ1n) is 7.25. The molecule has 0 radical (unpaired) electrons. The Morgan fingerprint density at radius 3 is 2.44 bits per heavy atom. The lowest BCUT2D eigenvalue weighted by Gasteiger charge is -2.33. The molecule has 6 nitrogen and oxygen atoms in total. The van der Waals surface area contributed by atoms with Crippen LogP contribution in [0.25, 0.3) is 0 Å². The average Bonchev–Trinajstić information content (AvgIpc) is 2.56. The van der Waals surface area contributed by atoms with Gasteiger partial charge in [-0.05, 0) is 24.3 Å². The molecule has 0 bridgehead atoms. The van der Waals surface area contributed by atoms with Crippen LogP contribution >= 0.6 is 23.2 Å². The summed E-state index contributed by atoms with van der Waals surface area (Å²) in [6, 6.07) is 11.4. The van der Waals surface area contributed by atoms with E-state index in [9.17, 15) is 13.2 Å². The Morgan fingerprint density at radius 2 is 1.80 bits per heavy atom. The second-order valence-electron chi connectivity index (χ2n) is 5.45. The number of amides is 1. The Hall–Kier alpha value is -1.96. The van der Waals surface area contributed by atoms with Gasteiger partial charge in [-0.15, -0.1) is 0 Å². The molecule has 0 unspecified atom stereocenters. The topological polar surface area (TPSA) is 75.7 Å². The number of halogens is 2. The van der Waals surface area contributed by atoms with Crippen molar-refractivity contribution in [3.63, 3.8) is 0 Å². The van der Waals surface area contributed by atoms with Gasteiger partial charge in [-0.2, -0.15) is 0 Å². The molecule has 1 amide bonds. The predicted octanol–water partition coefficient (Wildman–Crippen LogP) is 3.16. The van der Waals surface area contributed by atoms with E-state index in [2.05, 4.69) is 5.32 Å². The highest BCUT2D eigenvalue weighted by Crippen LogP contribution is 2.35. The maximum Gasteiger partial charge on any atom is 0.267 e. The number of sulfonamides is 1. The van der Waals surface area contributed by atoms with E-state index in [1.165, 1.54) is 0 Å². The van der Waals surface area contributed by atoms with E-state index in [0.717, 1.165) is 10.6 Å². The van der Waals surface area contributed by atoms with E-state index < -0.39 is 22.0 Å². The first-order chi connectivity index (χ1) is 11.8. The van der Waals surface area contributed by atoms with E-state index in [0.29, 0.717) is 11.4 Å². The van der Waals surface area contributed by atoms with Gasteiger partial charge < -0.3 is 10.1 Å². The van der Waals surface area contributed by atoms with E-state index >= 15 is 0 Å². The highest BCUT2D eigenvalue weighted by Gasteiger charge is 2.35. The molecule has 3 rings (SSSR count). The van der Waals surface area contributed by atoms with Crippen molar-refractivity contribution in [3.05, 3.63) is 52.5 Å². The molecule has 2 aromatic rings. The van der Waals surface area contributed by atoms with Crippen LogP contribution in [0.1, 0.15) is 0 Å². The Morgan fingerprint density at radius 1 is 1.16 bits per heavy atom. The molecule has 25 heavy (non-hydrogen) atoms. The number of para-hydroxylation sites is 3. The van der Waals surface area contributed by atoms with Crippen LogP contribution in [-0.2, 0) is 14.8 Å². The lowest BCUT2D eigenvalue weighted by atomic mass is 10.2. The van der Waals surface area contributed by atoms with Gasteiger partial charge in [0.2, 0.25) is 10.0 Å². The van der Waals surface area contributed by atoms with Crippen molar-refractivity contribution in [3.8, 4) is 5.75 Å². The lowest BCUT2D eigenvalue weighted by Crippen LogP contribution is -2.48. The number of nitrogens with zero attached hydrogens (tertiary/aromatic N) is 1. The predicted molar refractivity (Wildman–Crippen MR) is 98.1 cm³/mol. The van der Waals surface area contributed by atoms with E-state index in [1.807, 2.05) is 0 Å². The van der Waals surface area contributed by atoms with Crippen molar-refractivity contribution in [2.75, 3.05) is 22.4 Å². The molecule has 2 aromatic carbocycles. The van der Waals surface area contributed by atoms with Crippen LogP contribution < -0.4 is 14.4 Å². The van der Waals surface area contributed by atoms with Crippen molar-refractivity contribution >= 4 is 50.5 Å². The third-order valence-electron chi connectivity index (χ3n) is 3.64. The maximum atomic E-state index is 12.6. The summed E-state index contributed by atoms with van der Waals surface area (Å²) in [5.41, 5.74) is 0.647. The SMILES string of the molecule is CS(=O)(=O)N1C[C@@H](C(=O)Nc2c(Cl)cccc2Cl)Oc2ccccc21. The van der Waals surface area contributed by atoms with Gasteiger partial charge in [0.1, 0.15) is 5.75 Å². The van der Waals surface area contributed by atoms with Crippen molar-refractivity contribution in [1.29, 1.82) is 0 Å². The smallest absolute Gasteiger partial charge is 0.267 e. The summed E-state index contributed by atoms with van der Waals surface area (Å²) in [5, 5.41) is 3.15. The van der Waals surface area contributed by atoms with Gasteiger partial charge >= 0.3 is 0 Å². The molecule has 0 spiro atoms. The minimum Gasteiger partial charge on any atom is -0.476 e. The molecule has 132 valence electrons. The highest BCUT2D eigenvalue weighted by molar-refractivity contribution is 7.92. The first-order valence-corrected chi connectivity index (χ1v) is 9.86. The number of fused-ring (bicyclic) bond motifs is 1. The summed E-state index contributed by atoms with van der Waals surface area (Å²) in [5.74, 6) is -0.234. The van der Waals surface area contributed by atoms with Gasteiger partial charge in [-0.1, -0.05) is 41.4 Å². The Kier molecular flexibility index (Phi) is 4.81. The fourth-order valence-electron chi connectivity index (χ4n) is 2.47. The molecule has 1 heterocycles. The molecule has 1 atom stereocenters. The van der Waals surface area contributed by atoms with Crippen molar-refractivity contribution in [2.24, 2.45) is 0 Å². The molecule has 0 aliphatic carbocycles. The number of nitrogens with one attached hydrogen (secondary N) is 1. The van der Waals surface area contributed by atoms with Crippen LogP contribution in [0.4, 0.5) is 11.4 Å². The number of hydrogen-bond acceptors (Lipinski definition) is 4. The van der Waals surface area contributed by atoms with E-state index in [4.69, 9.17) is 27.9 Å². The fourth-order valence-corrected chi connectivity index (χ4v) is 3.88. The maximum absolute atomic E-state index is 12.6. The number of carbonyl (C=O) groups is 1. The zero-order chi connectivity index (χ0) is 18.2. The monoisotopic (exact) mass is 400 g/mol. The van der Waals surface area contributed by atoms with Crippen LogP contribution in [0.5, 0.6) is 5.75 Å². The summed E-state index contributed by atoms with van der Waals surface area (Å²) in [4.78, 5) is 12.6. The molecule has 0 saturated heterocycles. The summed E-state index contributed by atoms with van der Waals surface area (Å²) < 4.78 is 31.0. The minimum absolute atomic E-state index is 0.149. The number of benzene rings is 2. The Bertz CT molecular complexity index is 913. The van der Waals surface area contributed by atoms with Crippen molar-refractivity contribution in [1.82, 2.24) is 0 Å². The van der Waals surface area contributed by atoms with E-state index in [1.54, 1.807) is 42.5 Å². The largest absolute Gasteiger partial charge is 0.476 e. The van der Waals surface area contributed by atoms with Crippen molar-refractivity contribution in [2.45, 2.75) is 6.10 Å². The van der Waals surface area contributed by atoms with Gasteiger partial charge in [0, 0.05) is 0 Å². The molecular formula is C16H14Cl2N2O4S. The molecule has 1 aliphatic heterocycles. The second-order valence-corrected chi connectivity index (χ2v) is 8.18. The number of ether oxygens (including phenoxy) is 1. The number of carbonyl (C=O) groups excluding carboxylic acids is 1. The molecule has 0 aromatic heterocycles. The summed E-state index contributed by atoms with van der Waals surface area (Å²) in [6.45, 7) is -0.149. The van der Waals surface area contributed by atoms with Gasteiger partial charge in [-0.25, -0.2) is 8.42 Å². The zero-order valence-electron chi connectivity index (χ0n) is 13.1. The Balaban J connectivity index is 1.90. The van der Waals surface area contributed by atoms with Gasteiger partial charge in [0.05, 0.1) is 34.2 Å². The minimum atomic E-state index is -3.57. The van der Waals surface area contributed by atoms with Crippen LogP contribution in [0.2, 0.25) is 10.0 Å². The lowest BCUT2D eigenvalue weighted by molar-refractivity contribution is -0.122. The van der Waals surface area contributed by atoms with Crippen LogP contribution in [-0.4, -0.2) is 33.2 Å². The summed E-state index contributed by atoms with van der Waals surface area (Å²) in [7, 11) is -3.57. The van der Waals surface area contributed by atoms with Crippen LogP contribution in [0.15, 0.2) is 42.5 Å². The van der Waals surface area contributed by atoms with Crippen LogP contribution in [0, 0.1) is 0 Å². The van der Waals surface area contributed by atoms with Crippen molar-refractivity contribution < 1.29 is 17.9 Å². The van der Waals surface area contributed by atoms with Gasteiger partial charge in [-0.3, -0.25) is 9.10 Å². The molecule has 9 heteroatoms. The third kappa shape index (κ3) is 3.68. The standard InChI is InChI=1S/C16H14Cl2N2O4S/c1-25(22,23)20-9-14(24-13-8-3-2-7-12(13)20)16(21)19-15-10(17)5-4-6-11(15)18/h2-8,14H,9H2,1H3,(H,19,21)/t14-/m0/s1. The normalized spacial score (nSPS) is 16.8.